The van der Waals surface area contributed by atoms with Crippen LogP contribution in [0.5, 0.6) is 0 Å². The van der Waals surface area contributed by atoms with E-state index in [1.807, 2.05) is 91.0 Å². The third kappa shape index (κ3) is 3.20. The minimum absolute atomic E-state index is 0.0204. The van der Waals surface area contributed by atoms with E-state index in [1.165, 1.54) is 6.07 Å². The lowest BCUT2D eigenvalue weighted by Crippen LogP contribution is -2.35. The van der Waals surface area contributed by atoms with Gasteiger partial charge in [-0.3, -0.25) is 8.63 Å². The Balaban J connectivity index is 2.16. The summed E-state index contributed by atoms with van der Waals surface area (Å²) >= 11 is 0. The highest BCUT2D eigenvalue weighted by Crippen LogP contribution is 2.46. The van der Waals surface area contributed by atoms with Gasteiger partial charge in [0.1, 0.15) is 0 Å². The lowest BCUT2D eigenvalue weighted by molar-refractivity contribution is 0.489. The first-order valence-electron chi connectivity index (χ1n) is 9.50. The molecule has 0 unspecified atom stereocenters. The molecule has 0 aliphatic heterocycles. The molecule has 148 valence electrons. The van der Waals surface area contributed by atoms with Crippen molar-refractivity contribution < 1.29 is 17.4 Å². The predicted octanol–water partition coefficient (Wildman–Crippen LogP) is 5.98. The normalized spacial score (nSPS) is 11.3. The summed E-state index contributed by atoms with van der Waals surface area (Å²) in [5.41, 5.74) is -0.0937. The first-order valence-corrected chi connectivity index (χ1v) is 9.50. The van der Waals surface area contributed by atoms with Crippen LogP contribution in [0.1, 0.15) is 22.3 Å². The Morgan fingerprint density at radius 2 is 0.900 bits per heavy atom. The zero-order valence-electron chi connectivity index (χ0n) is 15.9. The number of benzene rings is 4. The van der Waals surface area contributed by atoms with Crippen LogP contribution in [0, 0.1) is 11.6 Å². The zero-order valence-corrected chi connectivity index (χ0v) is 15.9. The molecule has 0 aliphatic carbocycles. The van der Waals surface area contributed by atoms with E-state index in [0.29, 0.717) is 16.7 Å². The Hall–Kier alpha value is -3.34. The van der Waals surface area contributed by atoms with Gasteiger partial charge in [-0.15, -0.1) is 0 Å². The molecule has 0 nitrogen and oxygen atoms in total. The molecule has 0 heterocycles. The molecule has 0 amide bonds. The van der Waals surface area contributed by atoms with Crippen molar-refractivity contribution in [2.45, 2.75) is 5.41 Å². The molecule has 0 atom stereocenters. The molecular weight excluding hydrogens is 387 g/mol. The maximum absolute atomic E-state index is 15.5. The highest BCUT2D eigenvalue weighted by molar-refractivity contribution is 6.60. The molecule has 0 N–H and O–H groups in total. The Labute approximate surface area is 173 Å². The molecule has 4 rings (SSSR count). The smallest absolute Gasteiger partial charge is 0.281 e. The maximum Gasteiger partial charge on any atom is 0.575 e. The molecule has 0 bridgehead atoms. The van der Waals surface area contributed by atoms with Crippen LogP contribution in [-0.4, -0.2) is 7.27 Å². The summed E-state index contributed by atoms with van der Waals surface area (Å²) in [4.78, 5) is 0. The third-order valence-corrected chi connectivity index (χ3v) is 5.37. The minimum Gasteiger partial charge on any atom is -0.281 e. The second kappa shape index (κ2) is 8.19. The van der Waals surface area contributed by atoms with E-state index in [2.05, 4.69) is 0 Å². The van der Waals surface area contributed by atoms with E-state index in [9.17, 15) is 13.0 Å². The molecule has 0 radical (unpaired) electrons. The summed E-state index contributed by atoms with van der Waals surface area (Å²) in [5, 5.41) is 0. The molecule has 0 saturated carbocycles. The molecular formula is C25H17BF4. The highest BCUT2D eigenvalue weighted by Gasteiger charge is 2.42. The van der Waals surface area contributed by atoms with Gasteiger partial charge in [0.05, 0.1) is 5.41 Å². The van der Waals surface area contributed by atoms with Crippen molar-refractivity contribution in [3.8, 4) is 0 Å². The van der Waals surface area contributed by atoms with Gasteiger partial charge in [-0.1, -0.05) is 103 Å². The summed E-state index contributed by atoms with van der Waals surface area (Å²) in [7, 11) is -3.10. The molecule has 0 aromatic heterocycles. The van der Waals surface area contributed by atoms with Gasteiger partial charge in [-0.2, -0.15) is 0 Å². The van der Waals surface area contributed by atoms with E-state index in [-0.39, 0.29) is 5.56 Å². The maximum atomic E-state index is 15.5. The second-order valence-corrected chi connectivity index (χ2v) is 6.98. The van der Waals surface area contributed by atoms with Gasteiger partial charge in [0.2, 0.25) is 0 Å². The van der Waals surface area contributed by atoms with Crippen LogP contribution >= 0.6 is 0 Å². The molecule has 4 aromatic rings. The molecule has 0 aliphatic rings. The van der Waals surface area contributed by atoms with Gasteiger partial charge < -0.3 is 0 Å². The van der Waals surface area contributed by atoms with Crippen LogP contribution in [0.2, 0.25) is 0 Å². The van der Waals surface area contributed by atoms with Crippen molar-refractivity contribution in [2.75, 3.05) is 0 Å². The van der Waals surface area contributed by atoms with Crippen molar-refractivity contribution in [1.29, 1.82) is 0 Å². The molecule has 5 heteroatoms. The Morgan fingerprint density at radius 3 is 1.27 bits per heavy atom. The lowest BCUT2D eigenvalue weighted by Gasteiger charge is -2.37. The molecule has 0 fully saturated rings. The van der Waals surface area contributed by atoms with Crippen LogP contribution in [0.25, 0.3) is 0 Å². The van der Waals surface area contributed by atoms with Crippen molar-refractivity contribution in [3.63, 3.8) is 0 Å². The number of hydrogen-bond acceptors (Lipinski definition) is 0. The summed E-state index contributed by atoms with van der Waals surface area (Å²) in [6.07, 6.45) is 0. The number of hydrogen-bond donors (Lipinski definition) is 0. The molecule has 0 spiro atoms. The third-order valence-electron chi connectivity index (χ3n) is 5.37. The van der Waals surface area contributed by atoms with E-state index in [0.717, 1.165) is 6.07 Å². The Bertz CT molecular complexity index is 1030. The van der Waals surface area contributed by atoms with Crippen LogP contribution in [0.3, 0.4) is 0 Å². The Kier molecular flexibility index (Phi) is 5.45. The van der Waals surface area contributed by atoms with Crippen LogP contribution < -0.4 is 5.46 Å². The highest BCUT2D eigenvalue weighted by atomic mass is 19.2. The first-order chi connectivity index (χ1) is 14.6. The fourth-order valence-corrected chi connectivity index (χ4v) is 4.05. The van der Waals surface area contributed by atoms with Gasteiger partial charge in [-0.05, 0) is 16.7 Å². The Morgan fingerprint density at radius 1 is 0.500 bits per heavy atom. The van der Waals surface area contributed by atoms with E-state index < -0.39 is 29.8 Å². The van der Waals surface area contributed by atoms with Crippen molar-refractivity contribution >= 4 is 12.7 Å². The SMILES string of the molecule is FB(F)c1ccc(C(c2ccccc2)(c2ccccc2)c2ccccc2)c(F)c1F. The second-order valence-electron chi connectivity index (χ2n) is 6.98. The van der Waals surface area contributed by atoms with Crippen LogP contribution in [0.15, 0.2) is 103 Å². The topological polar surface area (TPSA) is 0 Å². The van der Waals surface area contributed by atoms with E-state index in [4.69, 9.17) is 0 Å². The van der Waals surface area contributed by atoms with Gasteiger partial charge in [0.15, 0.2) is 11.6 Å². The summed E-state index contributed by atoms with van der Waals surface area (Å²) < 4.78 is 56.6. The fraction of sp³-hybridized carbons (Fsp3) is 0.0400. The van der Waals surface area contributed by atoms with Crippen molar-refractivity contribution in [2.24, 2.45) is 0 Å². The lowest BCUT2D eigenvalue weighted by atomic mass is 9.64. The molecule has 4 aromatic carbocycles. The van der Waals surface area contributed by atoms with Crippen LogP contribution in [0.4, 0.5) is 17.4 Å². The van der Waals surface area contributed by atoms with Gasteiger partial charge in [-0.25, -0.2) is 8.78 Å². The van der Waals surface area contributed by atoms with E-state index >= 15 is 4.39 Å². The van der Waals surface area contributed by atoms with Crippen molar-refractivity contribution in [1.82, 2.24) is 0 Å². The van der Waals surface area contributed by atoms with Gasteiger partial charge in [0.25, 0.3) is 0 Å². The standard InChI is InChI=1S/C25H17BF4/c27-23-21(16-17-22(24(23)28)26(29)30)25(18-10-4-1-5-11-18,19-12-6-2-7-13-19)20-14-8-3-9-15-20/h1-17H. The van der Waals surface area contributed by atoms with E-state index in [1.54, 1.807) is 0 Å². The summed E-state index contributed by atoms with van der Waals surface area (Å²) in [6, 6.07) is 29.6. The fourth-order valence-electron chi connectivity index (χ4n) is 4.05. The van der Waals surface area contributed by atoms with Crippen molar-refractivity contribution in [3.05, 3.63) is 137 Å². The van der Waals surface area contributed by atoms with Gasteiger partial charge >= 0.3 is 7.27 Å². The summed E-state index contributed by atoms with van der Waals surface area (Å²) in [5.74, 6) is -2.79. The quantitative estimate of drug-likeness (QED) is 0.218. The number of rotatable bonds is 5. The van der Waals surface area contributed by atoms with Gasteiger partial charge in [0, 0.05) is 11.0 Å². The minimum atomic E-state index is -3.10. The first kappa shape index (κ1) is 20.0. The van der Waals surface area contributed by atoms with Crippen LogP contribution in [-0.2, 0) is 5.41 Å². The largest absolute Gasteiger partial charge is 0.575 e. The zero-order chi connectivity index (χ0) is 21.1. The monoisotopic (exact) mass is 404 g/mol. The number of halogens is 4. The average Bonchev–Trinajstić information content (AvgIpc) is 2.79. The molecule has 0 saturated heterocycles. The molecule has 30 heavy (non-hydrogen) atoms. The predicted molar refractivity (Wildman–Crippen MR) is 112 cm³/mol. The summed E-state index contributed by atoms with van der Waals surface area (Å²) in [6.45, 7) is 0. The average molecular weight is 404 g/mol.